The van der Waals surface area contributed by atoms with Crippen LogP contribution in [0.25, 0.3) is 0 Å². The Kier molecular flexibility index (Phi) is 10.9. The van der Waals surface area contributed by atoms with Gasteiger partial charge in [0.15, 0.2) is 15.8 Å². The highest BCUT2D eigenvalue weighted by molar-refractivity contribution is 14.0. The summed E-state index contributed by atoms with van der Waals surface area (Å²) in [5, 5.41) is 3.24. The molecule has 2 aromatic rings. The molecule has 0 aliphatic heterocycles. The summed E-state index contributed by atoms with van der Waals surface area (Å²) in [7, 11) is 0.467. The minimum absolute atomic E-state index is 0. The zero-order chi connectivity index (χ0) is 19.7. The predicted octanol–water partition coefficient (Wildman–Crippen LogP) is 3.90. The van der Waals surface area contributed by atoms with E-state index in [4.69, 9.17) is 0 Å². The number of aliphatic imine (C=N–C) groups is 1. The van der Waals surface area contributed by atoms with E-state index >= 15 is 0 Å². The van der Waals surface area contributed by atoms with Crippen molar-refractivity contribution < 1.29 is 8.42 Å². The quantitative estimate of drug-likeness (QED) is 0.184. The van der Waals surface area contributed by atoms with Gasteiger partial charge in [0.05, 0.1) is 10.6 Å². The van der Waals surface area contributed by atoms with E-state index < -0.39 is 9.84 Å². The lowest BCUT2D eigenvalue weighted by atomic mass is 10.2. The molecule has 0 bridgehead atoms. The summed E-state index contributed by atoms with van der Waals surface area (Å²) in [6.07, 6.45) is 2.58. The molecule has 154 valence electrons. The summed E-state index contributed by atoms with van der Waals surface area (Å²) in [6.45, 7) is 1.28. The molecule has 0 aliphatic rings. The molecular weight excluding hydrogens is 505 g/mol. The van der Waals surface area contributed by atoms with Crippen LogP contribution in [0.3, 0.4) is 0 Å². The highest BCUT2D eigenvalue weighted by Crippen LogP contribution is 2.15. The number of nitrogens with zero attached hydrogens (tertiary/aromatic N) is 2. The second-order valence-electron chi connectivity index (χ2n) is 6.16. The summed E-state index contributed by atoms with van der Waals surface area (Å²) in [4.78, 5) is 7.93. The van der Waals surface area contributed by atoms with Crippen molar-refractivity contribution >= 4 is 51.5 Å². The SMILES string of the molecule is CN=C(NCCCS(=O)(=O)c1ccccc1)N(C)Cc1ccc(SC)cc1.I. The summed E-state index contributed by atoms with van der Waals surface area (Å²) in [5.41, 5.74) is 1.20. The standard InChI is InChI=1S/C20H27N3O2S2.HI/c1-21-20(23(2)16-17-10-12-18(26-3)13-11-17)22-14-7-15-27(24,25)19-8-5-4-6-9-19;/h4-6,8-13H,7,14-16H2,1-3H3,(H,21,22);1H. The van der Waals surface area contributed by atoms with Crippen LogP contribution in [0.5, 0.6) is 0 Å². The predicted molar refractivity (Wildman–Crippen MR) is 130 cm³/mol. The molecular formula is C20H28IN3O2S2. The smallest absolute Gasteiger partial charge is 0.193 e. The second kappa shape index (κ2) is 12.3. The molecule has 8 heteroatoms. The fourth-order valence-electron chi connectivity index (χ4n) is 2.67. The molecule has 1 N–H and O–H groups in total. The van der Waals surface area contributed by atoms with Crippen molar-refractivity contribution in [2.75, 3.05) is 32.6 Å². The minimum Gasteiger partial charge on any atom is -0.356 e. The zero-order valence-corrected chi connectivity index (χ0v) is 20.4. The van der Waals surface area contributed by atoms with E-state index in [1.165, 1.54) is 10.5 Å². The average Bonchev–Trinajstić information content (AvgIpc) is 2.69. The van der Waals surface area contributed by atoms with Crippen molar-refractivity contribution in [2.45, 2.75) is 22.8 Å². The number of hydrogen-bond acceptors (Lipinski definition) is 4. The summed E-state index contributed by atoms with van der Waals surface area (Å²) >= 11 is 1.72. The molecule has 0 saturated heterocycles. The monoisotopic (exact) mass is 533 g/mol. The van der Waals surface area contributed by atoms with Gasteiger partial charge in [0.1, 0.15) is 0 Å². The van der Waals surface area contributed by atoms with Crippen LogP contribution in [-0.2, 0) is 16.4 Å². The van der Waals surface area contributed by atoms with E-state index in [0.717, 1.165) is 12.5 Å². The highest BCUT2D eigenvalue weighted by atomic mass is 127. The Morgan fingerprint density at radius 2 is 1.75 bits per heavy atom. The maximum atomic E-state index is 12.3. The van der Waals surface area contributed by atoms with Gasteiger partial charge in [-0.1, -0.05) is 30.3 Å². The Bertz CT molecular complexity index is 842. The van der Waals surface area contributed by atoms with Gasteiger partial charge in [-0.05, 0) is 42.5 Å². The normalized spacial score (nSPS) is 11.6. The van der Waals surface area contributed by atoms with Crippen LogP contribution < -0.4 is 5.32 Å². The first kappa shape index (κ1) is 24.8. The number of hydrogen-bond donors (Lipinski definition) is 1. The third-order valence-electron chi connectivity index (χ3n) is 4.13. The highest BCUT2D eigenvalue weighted by Gasteiger charge is 2.13. The van der Waals surface area contributed by atoms with E-state index in [0.29, 0.717) is 17.9 Å². The first-order valence-electron chi connectivity index (χ1n) is 8.79. The Morgan fingerprint density at radius 3 is 2.32 bits per heavy atom. The number of nitrogens with one attached hydrogen (secondary N) is 1. The van der Waals surface area contributed by atoms with E-state index in [1.54, 1.807) is 43.1 Å². The largest absolute Gasteiger partial charge is 0.356 e. The van der Waals surface area contributed by atoms with Crippen LogP contribution in [0.1, 0.15) is 12.0 Å². The van der Waals surface area contributed by atoms with E-state index in [2.05, 4.69) is 40.8 Å². The second-order valence-corrected chi connectivity index (χ2v) is 9.15. The molecule has 0 aliphatic carbocycles. The summed E-state index contributed by atoms with van der Waals surface area (Å²) in [5.74, 6) is 0.863. The molecule has 0 aromatic heterocycles. The van der Waals surface area contributed by atoms with Gasteiger partial charge in [0.2, 0.25) is 0 Å². The van der Waals surface area contributed by atoms with Crippen molar-refractivity contribution in [3.05, 3.63) is 60.2 Å². The van der Waals surface area contributed by atoms with Crippen LogP contribution >= 0.6 is 35.7 Å². The van der Waals surface area contributed by atoms with Crippen molar-refractivity contribution in [1.82, 2.24) is 10.2 Å². The molecule has 0 unspecified atom stereocenters. The fraction of sp³-hybridized carbons (Fsp3) is 0.350. The molecule has 2 aromatic carbocycles. The molecule has 0 heterocycles. The van der Waals surface area contributed by atoms with Gasteiger partial charge in [-0.15, -0.1) is 35.7 Å². The van der Waals surface area contributed by atoms with Crippen molar-refractivity contribution in [3.63, 3.8) is 0 Å². The molecule has 0 amide bonds. The Hall–Kier alpha value is -1.26. The Balaban J connectivity index is 0.00000392. The van der Waals surface area contributed by atoms with Crippen LogP contribution in [0, 0.1) is 0 Å². The number of rotatable bonds is 8. The number of sulfone groups is 1. The van der Waals surface area contributed by atoms with Crippen LogP contribution in [0.2, 0.25) is 0 Å². The van der Waals surface area contributed by atoms with Crippen molar-refractivity contribution in [3.8, 4) is 0 Å². The number of thioether (sulfide) groups is 1. The van der Waals surface area contributed by atoms with E-state index in [-0.39, 0.29) is 29.7 Å². The van der Waals surface area contributed by atoms with Crippen LogP contribution in [0.4, 0.5) is 0 Å². The molecule has 2 rings (SSSR count). The van der Waals surface area contributed by atoms with Crippen LogP contribution in [-0.4, -0.2) is 51.9 Å². The zero-order valence-electron chi connectivity index (χ0n) is 16.5. The fourth-order valence-corrected chi connectivity index (χ4v) is 4.41. The van der Waals surface area contributed by atoms with Gasteiger partial charge in [-0.3, -0.25) is 4.99 Å². The number of benzene rings is 2. The van der Waals surface area contributed by atoms with E-state index in [9.17, 15) is 8.42 Å². The third kappa shape index (κ3) is 7.63. The van der Waals surface area contributed by atoms with Crippen molar-refractivity contribution in [2.24, 2.45) is 4.99 Å². The molecule has 0 radical (unpaired) electrons. The molecule has 0 saturated carbocycles. The lowest BCUT2D eigenvalue weighted by Gasteiger charge is -2.22. The molecule has 5 nitrogen and oxygen atoms in total. The third-order valence-corrected chi connectivity index (χ3v) is 6.69. The molecule has 0 atom stereocenters. The van der Waals surface area contributed by atoms with Gasteiger partial charge >= 0.3 is 0 Å². The van der Waals surface area contributed by atoms with Crippen LogP contribution in [0.15, 0.2) is 69.4 Å². The Labute approximate surface area is 190 Å². The molecule has 28 heavy (non-hydrogen) atoms. The van der Waals surface area contributed by atoms with Gasteiger partial charge in [0.25, 0.3) is 0 Å². The summed E-state index contributed by atoms with van der Waals surface area (Å²) in [6, 6.07) is 17.0. The maximum Gasteiger partial charge on any atom is 0.193 e. The first-order valence-corrected chi connectivity index (χ1v) is 11.7. The first-order chi connectivity index (χ1) is 13.0. The van der Waals surface area contributed by atoms with Gasteiger partial charge in [-0.25, -0.2) is 8.42 Å². The average molecular weight is 534 g/mol. The molecule has 0 fully saturated rings. The molecule has 0 spiro atoms. The lowest BCUT2D eigenvalue weighted by Crippen LogP contribution is -2.39. The van der Waals surface area contributed by atoms with E-state index in [1.807, 2.05) is 18.0 Å². The lowest BCUT2D eigenvalue weighted by molar-refractivity contribution is 0.476. The topological polar surface area (TPSA) is 61.8 Å². The van der Waals surface area contributed by atoms with Gasteiger partial charge in [-0.2, -0.15) is 0 Å². The number of halogens is 1. The number of guanidine groups is 1. The Morgan fingerprint density at radius 1 is 1.11 bits per heavy atom. The van der Waals surface area contributed by atoms with Crippen molar-refractivity contribution in [1.29, 1.82) is 0 Å². The summed E-state index contributed by atoms with van der Waals surface area (Å²) < 4.78 is 24.6. The van der Waals surface area contributed by atoms with Gasteiger partial charge in [0, 0.05) is 32.1 Å². The minimum atomic E-state index is -3.24. The van der Waals surface area contributed by atoms with Gasteiger partial charge < -0.3 is 10.2 Å². The maximum absolute atomic E-state index is 12.3.